The molecule has 1 atom stereocenters. The number of aryl methyl sites for hydroxylation is 1. The molecule has 1 aliphatic rings. The lowest BCUT2D eigenvalue weighted by atomic mass is 10.3. The molecule has 25 heavy (non-hydrogen) atoms. The molecule has 134 valence electrons. The van der Waals surface area contributed by atoms with Crippen LogP contribution in [-0.4, -0.2) is 51.9 Å². The third kappa shape index (κ3) is 4.19. The van der Waals surface area contributed by atoms with E-state index in [4.69, 9.17) is 11.6 Å². The number of aromatic nitrogens is 4. The number of nitrogens with one attached hydrogen (secondary N) is 2. The molecule has 1 aliphatic heterocycles. The van der Waals surface area contributed by atoms with Crippen LogP contribution in [0.2, 0.25) is 5.02 Å². The Kier molecular flexibility index (Phi) is 5.70. The van der Waals surface area contributed by atoms with Gasteiger partial charge in [-0.2, -0.15) is 0 Å². The van der Waals surface area contributed by atoms with Crippen LogP contribution in [0, 0.1) is 0 Å². The zero-order chi connectivity index (χ0) is 17.6. The molecule has 0 aromatic carbocycles. The van der Waals surface area contributed by atoms with Crippen molar-refractivity contribution in [3.05, 3.63) is 35.5 Å². The maximum Gasteiger partial charge on any atom is 0.191 e. The summed E-state index contributed by atoms with van der Waals surface area (Å²) in [6.07, 6.45) is 4.50. The first kappa shape index (κ1) is 17.5. The Bertz CT molecular complexity index is 728. The van der Waals surface area contributed by atoms with Gasteiger partial charge < -0.3 is 20.1 Å². The van der Waals surface area contributed by atoms with Crippen molar-refractivity contribution in [2.45, 2.75) is 32.5 Å². The molecule has 0 amide bonds. The zero-order valence-corrected chi connectivity index (χ0v) is 15.2. The van der Waals surface area contributed by atoms with Gasteiger partial charge in [-0.05, 0) is 25.5 Å². The molecule has 0 bridgehead atoms. The molecule has 3 heterocycles. The lowest BCUT2D eigenvalue weighted by Crippen LogP contribution is -2.44. The van der Waals surface area contributed by atoms with E-state index in [2.05, 4.69) is 42.6 Å². The lowest BCUT2D eigenvalue weighted by Gasteiger charge is -2.20. The van der Waals surface area contributed by atoms with Gasteiger partial charge in [-0.1, -0.05) is 11.6 Å². The molecule has 2 N–H and O–H groups in total. The number of nitrogens with zero attached hydrogens (tertiary/aromatic N) is 6. The molecule has 0 saturated carbocycles. The molecule has 0 aliphatic carbocycles. The summed E-state index contributed by atoms with van der Waals surface area (Å²) in [5, 5.41) is 15.5. The summed E-state index contributed by atoms with van der Waals surface area (Å²) < 4.78 is 2.00. The SMILES string of the molecule is CCn1cnnc1CNC(=NC)NC1CCN(c2ncccc2Cl)C1. The Morgan fingerprint density at radius 3 is 3.12 bits per heavy atom. The van der Waals surface area contributed by atoms with Gasteiger partial charge in [0, 0.05) is 38.9 Å². The average molecular weight is 363 g/mol. The average Bonchev–Trinajstić information content (AvgIpc) is 3.28. The molecular formula is C16H23ClN8. The van der Waals surface area contributed by atoms with Crippen LogP contribution in [0.3, 0.4) is 0 Å². The summed E-state index contributed by atoms with van der Waals surface area (Å²) in [5.41, 5.74) is 0. The molecule has 0 radical (unpaired) electrons. The van der Waals surface area contributed by atoms with Crippen molar-refractivity contribution in [1.82, 2.24) is 30.4 Å². The first-order valence-electron chi connectivity index (χ1n) is 8.40. The highest BCUT2D eigenvalue weighted by molar-refractivity contribution is 6.32. The largest absolute Gasteiger partial charge is 0.353 e. The number of rotatable bonds is 5. The molecule has 2 aromatic rings. The standard InChI is InChI=1S/C16H23ClN8/c1-3-24-11-21-23-14(24)9-20-16(18-2)22-12-6-8-25(10-12)15-13(17)5-4-7-19-15/h4-5,7,11-12H,3,6,8-10H2,1-2H3,(H2,18,20,22). The number of halogens is 1. The van der Waals surface area contributed by atoms with Crippen molar-refractivity contribution < 1.29 is 0 Å². The normalized spacial score (nSPS) is 17.8. The highest BCUT2D eigenvalue weighted by atomic mass is 35.5. The number of hydrogen-bond acceptors (Lipinski definition) is 5. The van der Waals surface area contributed by atoms with Gasteiger partial charge in [0.05, 0.1) is 11.6 Å². The molecule has 2 aromatic heterocycles. The second-order valence-electron chi connectivity index (χ2n) is 5.84. The molecule has 0 spiro atoms. The summed E-state index contributed by atoms with van der Waals surface area (Å²) in [4.78, 5) is 10.9. The van der Waals surface area contributed by atoms with Crippen LogP contribution in [0.4, 0.5) is 5.82 Å². The fraction of sp³-hybridized carbons (Fsp3) is 0.500. The van der Waals surface area contributed by atoms with Crippen molar-refractivity contribution >= 4 is 23.4 Å². The molecular weight excluding hydrogens is 340 g/mol. The summed E-state index contributed by atoms with van der Waals surface area (Å²) >= 11 is 6.24. The van der Waals surface area contributed by atoms with Gasteiger partial charge in [-0.25, -0.2) is 4.98 Å². The maximum atomic E-state index is 6.24. The van der Waals surface area contributed by atoms with Gasteiger partial charge in [0.15, 0.2) is 11.8 Å². The predicted octanol–water partition coefficient (Wildman–Crippen LogP) is 1.29. The van der Waals surface area contributed by atoms with Crippen LogP contribution in [0.25, 0.3) is 0 Å². The van der Waals surface area contributed by atoms with Crippen LogP contribution in [0.15, 0.2) is 29.6 Å². The first-order valence-corrected chi connectivity index (χ1v) is 8.78. The molecule has 8 nitrogen and oxygen atoms in total. The smallest absolute Gasteiger partial charge is 0.191 e. The third-order valence-corrected chi connectivity index (χ3v) is 4.54. The van der Waals surface area contributed by atoms with Crippen LogP contribution in [0.1, 0.15) is 19.2 Å². The molecule has 1 fully saturated rings. The van der Waals surface area contributed by atoms with E-state index >= 15 is 0 Å². The van der Waals surface area contributed by atoms with E-state index in [1.165, 1.54) is 0 Å². The summed E-state index contributed by atoms with van der Waals surface area (Å²) in [6.45, 7) is 5.24. The van der Waals surface area contributed by atoms with E-state index in [9.17, 15) is 0 Å². The number of aliphatic imine (C=N–C) groups is 1. The minimum atomic E-state index is 0.285. The van der Waals surface area contributed by atoms with Gasteiger partial charge in [-0.15, -0.1) is 10.2 Å². The topological polar surface area (TPSA) is 83.3 Å². The van der Waals surface area contributed by atoms with E-state index < -0.39 is 0 Å². The van der Waals surface area contributed by atoms with E-state index in [0.717, 1.165) is 43.7 Å². The maximum absolute atomic E-state index is 6.24. The molecule has 3 rings (SSSR count). The molecule has 9 heteroatoms. The highest BCUT2D eigenvalue weighted by Crippen LogP contribution is 2.25. The predicted molar refractivity (Wildman–Crippen MR) is 98.9 cm³/mol. The van der Waals surface area contributed by atoms with Gasteiger partial charge in [0.25, 0.3) is 0 Å². The monoisotopic (exact) mass is 362 g/mol. The van der Waals surface area contributed by atoms with Crippen LogP contribution < -0.4 is 15.5 Å². The number of pyridine rings is 1. The minimum Gasteiger partial charge on any atom is -0.353 e. The third-order valence-electron chi connectivity index (χ3n) is 4.24. The van der Waals surface area contributed by atoms with Gasteiger partial charge >= 0.3 is 0 Å². The van der Waals surface area contributed by atoms with Gasteiger partial charge in [0.2, 0.25) is 0 Å². The number of hydrogen-bond donors (Lipinski definition) is 2. The number of guanidine groups is 1. The Balaban J connectivity index is 1.54. The van der Waals surface area contributed by atoms with Gasteiger partial charge in [-0.3, -0.25) is 4.99 Å². The second kappa shape index (κ2) is 8.15. The molecule has 1 saturated heterocycles. The Hall–Kier alpha value is -2.35. The second-order valence-corrected chi connectivity index (χ2v) is 6.25. The quantitative estimate of drug-likeness (QED) is 0.616. The van der Waals surface area contributed by atoms with E-state index in [0.29, 0.717) is 11.6 Å². The van der Waals surface area contributed by atoms with Gasteiger partial charge in [0.1, 0.15) is 12.1 Å². The summed E-state index contributed by atoms with van der Waals surface area (Å²) in [6, 6.07) is 4.00. The van der Waals surface area contributed by atoms with E-state index in [1.807, 2.05) is 16.7 Å². The van der Waals surface area contributed by atoms with Crippen LogP contribution >= 0.6 is 11.6 Å². The first-order chi connectivity index (χ1) is 12.2. The van der Waals surface area contributed by atoms with E-state index in [1.54, 1.807) is 19.6 Å². The Morgan fingerprint density at radius 1 is 1.48 bits per heavy atom. The summed E-state index contributed by atoms with van der Waals surface area (Å²) in [7, 11) is 1.77. The Morgan fingerprint density at radius 2 is 2.36 bits per heavy atom. The van der Waals surface area contributed by atoms with Crippen molar-refractivity contribution in [1.29, 1.82) is 0 Å². The molecule has 1 unspecified atom stereocenters. The highest BCUT2D eigenvalue weighted by Gasteiger charge is 2.25. The van der Waals surface area contributed by atoms with Crippen LogP contribution in [-0.2, 0) is 13.1 Å². The minimum absolute atomic E-state index is 0.285. The fourth-order valence-electron chi connectivity index (χ4n) is 2.91. The van der Waals surface area contributed by atoms with Crippen molar-refractivity contribution in [2.24, 2.45) is 4.99 Å². The fourth-order valence-corrected chi connectivity index (χ4v) is 3.15. The van der Waals surface area contributed by atoms with Crippen LogP contribution in [0.5, 0.6) is 0 Å². The Labute approximate surface area is 152 Å². The zero-order valence-electron chi connectivity index (χ0n) is 14.5. The lowest BCUT2D eigenvalue weighted by molar-refractivity contribution is 0.631. The van der Waals surface area contributed by atoms with E-state index in [-0.39, 0.29) is 6.04 Å². The summed E-state index contributed by atoms with van der Waals surface area (Å²) in [5.74, 6) is 2.48. The number of anilines is 1. The van der Waals surface area contributed by atoms with Crippen molar-refractivity contribution in [3.63, 3.8) is 0 Å². The van der Waals surface area contributed by atoms with Crippen molar-refractivity contribution in [2.75, 3.05) is 25.0 Å². The van der Waals surface area contributed by atoms with Crippen molar-refractivity contribution in [3.8, 4) is 0 Å².